The topological polar surface area (TPSA) is 175 Å². The number of piperazine rings is 1. The fraction of sp³-hybridized carbons (Fsp3) is 0.327. The highest BCUT2D eigenvalue weighted by atomic mass is 32.2. The van der Waals surface area contributed by atoms with Crippen LogP contribution in [0.1, 0.15) is 73.0 Å². The molecule has 366 valence electrons. The maximum Gasteiger partial charge on any atom is 0.336 e. The number of methoxy groups -OCH3 is 2. The lowest BCUT2D eigenvalue weighted by Gasteiger charge is -2.62. The number of thioether (sulfide) groups is 1. The van der Waals surface area contributed by atoms with E-state index in [1.807, 2.05) is 92.5 Å². The quantitative estimate of drug-likeness (QED) is 0.0822. The van der Waals surface area contributed by atoms with Crippen LogP contribution < -0.4 is 33.7 Å². The Kier molecular flexibility index (Phi) is 12.1. The maximum absolute atomic E-state index is 15.1. The van der Waals surface area contributed by atoms with Crippen LogP contribution in [0.15, 0.2) is 91.0 Å². The van der Waals surface area contributed by atoms with E-state index in [0.29, 0.717) is 64.5 Å². The second kappa shape index (κ2) is 18.4. The molecular weight excluding hydrogens is 927 g/mol. The lowest BCUT2D eigenvalue weighted by atomic mass is 9.73. The van der Waals surface area contributed by atoms with Crippen LogP contribution in [0.2, 0.25) is 0 Å². The summed E-state index contributed by atoms with van der Waals surface area (Å²) in [6, 6.07) is 21.6. The van der Waals surface area contributed by atoms with Gasteiger partial charge in [-0.2, -0.15) is 0 Å². The van der Waals surface area contributed by atoms with Crippen LogP contribution in [0.5, 0.6) is 40.2 Å². The minimum atomic E-state index is -1.44. The summed E-state index contributed by atoms with van der Waals surface area (Å²) in [6.45, 7) is 3.75. The molecule has 3 N–H and O–H groups in total. The van der Waals surface area contributed by atoms with E-state index < -0.39 is 59.1 Å². The van der Waals surface area contributed by atoms with Gasteiger partial charge in [0.05, 0.1) is 37.6 Å². The molecule has 0 aliphatic carbocycles. The van der Waals surface area contributed by atoms with Gasteiger partial charge in [0.25, 0.3) is 0 Å². The van der Waals surface area contributed by atoms with Gasteiger partial charge >= 0.3 is 17.9 Å². The first kappa shape index (κ1) is 46.6. The lowest BCUT2D eigenvalue weighted by Crippen LogP contribution is -2.70. The average molecular weight is 980 g/mol. The summed E-state index contributed by atoms with van der Waals surface area (Å²) in [5.41, 5.74) is 5.59. The molecule has 71 heavy (non-hydrogen) atoms. The number of benzene rings is 5. The smallest absolute Gasteiger partial charge is 0.336 e. The van der Waals surface area contributed by atoms with Crippen LogP contribution >= 0.6 is 11.8 Å². The standard InChI is InChI=1S/C55H53N3O12S/c1-29-22-34-23-36-53(62)58-37-26-66-54(63)55(35-25-39(64-4)38(59)24-33(35)20-21-56-55)27-71-52(44-43(37)50-49(67-28-68-50)30(2)48(44)69-40(60)18-16-31-12-8-6-9-13-31)46(58)45(57(36)3)42(34)51(47(29)65-5)70-41(61)19-17-32-14-10-7-11-15-32/h6-19,22,24-25,36-37,45-46,52-53,56,59,62H,20-21,23,26-28H2,1-5H3/b18-16+,19-17+/t36-,37-,45+,46?,52+,53-,55+/m0/s1. The molecule has 1 spiro atoms. The fourth-order valence-electron chi connectivity index (χ4n) is 11.7. The Labute approximate surface area is 414 Å². The number of likely N-dealkylation sites (N-methyl/N-ethyl adjacent to an activating group) is 1. The number of carbonyl (C=O) groups is 3. The number of ether oxygens (including phenoxy) is 7. The van der Waals surface area contributed by atoms with Crippen molar-refractivity contribution < 1.29 is 57.8 Å². The number of carbonyl (C=O) groups excluding carboxylic acids is 3. The molecule has 2 saturated heterocycles. The molecule has 7 atom stereocenters. The SMILES string of the molecule is COc1cc2c(cc1O)CCN[C@]21CS[C@@H]2c3c(OC(=O)/C=C/c4ccccc4)c(C)c4c(c3[C@H](COC1=O)N1C2[C@H]2c3c(cc(C)c(OC)c3OC(=O)/C=C/c3ccccc3)C[C@@H]([C@@H]1O)N2C)OCO4. The van der Waals surface area contributed by atoms with E-state index in [1.54, 1.807) is 31.4 Å². The Balaban J connectivity index is 1.13. The van der Waals surface area contributed by atoms with Crippen molar-refractivity contribution in [1.29, 1.82) is 0 Å². The third-order valence-corrected chi connectivity index (χ3v) is 16.3. The molecule has 12 rings (SSSR count). The number of rotatable bonds is 8. The largest absolute Gasteiger partial charge is 0.504 e. The Morgan fingerprint density at radius 1 is 0.831 bits per heavy atom. The van der Waals surface area contributed by atoms with E-state index in [0.717, 1.165) is 27.8 Å². The van der Waals surface area contributed by atoms with Crippen LogP contribution in [0.4, 0.5) is 0 Å². The van der Waals surface area contributed by atoms with Crippen molar-refractivity contribution >= 4 is 41.8 Å². The molecule has 15 nitrogen and oxygen atoms in total. The number of aromatic hydroxyl groups is 1. The molecule has 2 fully saturated rings. The molecule has 7 aliphatic rings. The molecule has 16 heteroatoms. The van der Waals surface area contributed by atoms with Crippen molar-refractivity contribution in [3.8, 4) is 40.2 Å². The normalized spacial score (nSPS) is 25.2. The van der Waals surface area contributed by atoms with Crippen LogP contribution in [-0.2, 0) is 37.5 Å². The van der Waals surface area contributed by atoms with E-state index >= 15 is 4.79 Å². The Bertz CT molecular complexity index is 3040. The highest BCUT2D eigenvalue weighted by Gasteiger charge is 2.61. The zero-order chi connectivity index (χ0) is 49.3. The molecular formula is C55H53N3O12S. The second-order valence-electron chi connectivity index (χ2n) is 18.6. The summed E-state index contributed by atoms with van der Waals surface area (Å²) in [7, 11) is 4.97. The van der Waals surface area contributed by atoms with Gasteiger partial charge in [0.15, 0.2) is 40.0 Å². The number of fused-ring (bicyclic) bond motifs is 9. The van der Waals surface area contributed by atoms with Crippen molar-refractivity contribution in [2.45, 2.75) is 67.9 Å². The summed E-state index contributed by atoms with van der Waals surface area (Å²) >= 11 is 1.44. The number of hydrogen-bond donors (Lipinski definition) is 3. The number of nitrogens with one attached hydrogen (secondary N) is 1. The van der Waals surface area contributed by atoms with Gasteiger partial charge < -0.3 is 43.4 Å². The minimum absolute atomic E-state index is 0.0467. The zero-order valence-electron chi connectivity index (χ0n) is 39.8. The lowest BCUT2D eigenvalue weighted by molar-refractivity contribution is -0.186. The first-order chi connectivity index (χ1) is 34.4. The molecule has 7 heterocycles. The molecule has 1 unspecified atom stereocenters. The molecule has 4 bridgehead atoms. The van der Waals surface area contributed by atoms with Crippen molar-refractivity contribution in [2.24, 2.45) is 0 Å². The van der Waals surface area contributed by atoms with Crippen LogP contribution in [0.25, 0.3) is 12.2 Å². The monoisotopic (exact) mass is 979 g/mol. The molecule has 0 radical (unpaired) electrons. The number of aryl methyl sites for hydroxylation is 1. The van der Waals surface area contributed by atoms with Gasteiger partial charge in [-0.15, -0.1) is 11.8 Å². The summed E-state index contributed by atoms with van der Waals surface area (Å²) in [6.07, 6.45) is 5.92. The summed E-state index contributed by atoms with van der Waals surface area (Å²) in [5.74, 6) is 0.140. The van der Waals surface area contributed by atoms with E-state index in [4.69, 9.17) is 33.2 Å². The first-order valence-electron chi connectivity index (χ1n) is 23.6. The first-order valence-corrected chi connectivity index (χ1v) is 24.6. The Morgan fingerprint density at radius 2 is 1.51 bits per heavy atom. The highest BCUT2D eigenvalue weighted by Crippen LogP contribution is 2.64. The highest BCUT2D eigenvalue weighted by molar-refractivity contribution is 7.99. The van der Waals surface area contributed by atoms with Gasteiger partial charge in [-0.3, -0.25) is 15.1 Å². The molecule has 0 amide bonds. The van der Waals surface area contributed by atoms with Crippen molar-refractivity contribution in [1.82, 2.24) is 15.1 Å². The van der Waals surface area contributed by atoms with Crippen molar-refractivity contribution in [3.05, 3.63) is 147 Å². The Hall–Kier alpha value is -6.82. The maximum atomic E-state index is 15.1. The molecule has 5 aromatic carbocycles. The number of phenolic OH excluding ortho intramolecular Hbond substituents is 1. The third kappa shape index (κ3) is 7.71. The summed E-state index contributed by atoms with van der Waals surface area (Å²) in [5, 5.41) is 26.8. The number of esters is 3. The van der Waals surface area contributed by atoms with Crippen molar-refractivity contribution in [3.63, 3.8) is 0 Å². The number of aliphatic hydroxyl groups excluding tert-OH is 1. The number of hydrogen-bond acceptors (Lipinski definition) is 16. The van der Waals surface area contributed by atoms with Crippen molar-refractivity contribution in [2.75, 3.05) is 47.0 Å². The third-order valence-electron chi connectivity index (χ3n) is 14.8. The van der Waals surface area contributed by atoms with Gasteiger partial charge in [-0.1, -0.05) is 66.7 Å². The molecule has 0 aromatic heterocycles. The van der Waals surface area contributed by atoms with Gasteiger partial charge in [0.1, 0.15) is 18.6 Å². The van der Waals surface area contributed by atoms with Gasteiger partial charge in [0.2, 0.25) is 6.79 Å². The zero-order valence-corrected chi connectivity index (χ0v) is 40.6. The van der Waals surface area contributed by atoms with E-state index in [-0.39, 0.29) is 42.2 Å². The predicted molar refractivity (Wildman–Crippen MR) is 264 cm³/mol. The number of nitrogens with zero attached hydrogens (tertiary/aromatic N) is 2. The van der Waals surface area contributed by atoms with E-state index in [9.17, 15) is 19.8 Å². The van der Waals surface area contributed by atoms with Crippen LogP contribution in [0.3, 0.4) is 0 Å². The number of aliphatic hydroxyl groups is 1. The number of phenols is 1. The van der Waals surface area contributed by atoms with Gasteiger partial charge in [-0.25, -0.2) is 14.4 Å². The summed E-state index contributed by atoms with van der Waals surface area (Å²) < 4.78 is 43.7. The summed E-state index contributed by atoms with van der Waals surface area (Å²) in [4.78, 5) is 47.5. The predicted octanol–water partition coefficient (Wildman–Crippen LogP) is 7.02. The average Bonchev–Trinajstić information content (AvgIpc) is 3.87. The minimum Gasteiger partial charge on any atom is -0.504 e. The fourth-order valence-corrected chi connectivity index (χ4v) is 13.3. The Morgan fingerprint density at radius 3 is 2.18 bits per heavy atom. The second-order valence-corrected chi connectivity index (χ2v) is 19.8. The van der Waals surface area contributed by atoms with Gasteiger partial charge in [0, 0.05) is 52.7 Å². The van der Waals surface area contributed by atoms with Crippen LogP contribution in [-0.4, -0.2) is 103 Å². The van der Waals surface area contributed by atoms with Crippen LogP contribution in [0, 0.1) is 13.8 Å². The molecule has 0 saturated carbocycles. The van der Waals surface area contributed by atoms with E-state index in [2.05, 4.69) is 10.2 Å². The van der Waals surface area contributed by atoms with E-state index in [1.165, 1.54) is 31.0 Å². The molecule has 5 aromatic rings. The van der Waals surface area contributed by atoms with Gasteiger partial charge in [-0.05, 0) is 91.4 Å². The molecule has 7 aliphatic heterocycles.